The molecule has 0 spiro atoms. The van der Waals surface area contributed by atoms with Gasteiger partial charge in [0.05, 0.1) is 17.7 Å². The van der Waals surface area contributed by atoms with Crippen LogP contribution in [0, 0.1) is 17.8 Å². The molecule has 6 nitrogen and oxygen atoms in total. The molecule has 1 aromatic carbocycles. The molecule has 5 aliphatic rings. The third-order valence-corrected chi connectivity index (χ3v) is 8.30. The van der Waals surface area contributed by atoms with Crippen LogP contribution >= 0.6 is 23.4 Å². The second-order valence-corrected chi connectivity index (χ2v) is 10.9. The number of hydrogen-bond donors (Lipinski definition) is 2. The van der Waals surface area contributed by atoms with Gasteiger partial charge in [-0.25, -0.2) is 0 Å². The van der Waals surface area contributed by atoms with E-state index in [1.807, 2.05) is 0 Å². The second-order valence-electron chi connectivity index (χ2n) is 9.26. The van der Waals surface area contributed by atoms with Gasteiger partial charge in [0.1, 0.15) is 11.0 Å². The van der Waals surface area contributed by atoms with E-state index in [-0.39, 0.29) is 23.8 Å². The number of carbonyl (C=O) groups is 2. The minimum absolute atomic E-state index is 0.0152. The van der Waals surface area contributed by atoms with Crippen molar-refractivity contribution in [2.24, 2.45) is 22.7 Å². The molecule has 6 rings (SSSR count). The zero-order valence-corrected chi connectivity index (χ0v) is 18.5. The van der Waals surface area contributed by atoms with Gasteiger partial charge in [-0.2, -0.15) is 0 Å². The summed E-state index contributed by atoms with van der Waals surface area (Å²) in [6, 6.07) is 5.07. The Morgan fingerprint density at radius 2 is 1.93 bits per heavy atom. The number of anilines is 1. The largest absolute Gasteiger partial charge is 0.495 e. The van der Waals surface area contributed by atoms with Gasteiger partial charge in [-0.05, 0) is 74.5 Å². The highest BCUT2D eigenvalue weighted by Gasteiger charge is 2.51. The van der Waals surface area contributed by atoms with Crippen LogP contribution in [0.1, 0.15) is 44.9 Å². The first-order chi connectivity index (χ1) is 14.4. The first-order valence-corrected chi connectivity index (χ1v) is 11.9. The number of halogens is 1. The molecule has 1 heterocycles. The Labute approximate surface area is 185 Å². The molecule has 4 bridgehead atoms. The third kappa shape index (κ3) is 3.94. The highest BCUT2D eigenvalue weighted by Crippen LogP contribution is 2.57. The van der Waals surface area contributed by atoms with Gasteiger partial charge in [-0.3, -0.25) is 14.6 Å². The van der Waals surface area contributed by atoms with Crippen LogP contribution in [-0.2, 0) is 9.59 Å². The van der Waals surface area contributed by atoms with Crippen molar-refractivity contribution in [2.45, 2.75) is 55.7 Å². The minimum atomic E-state index is -0.452. The quantitative estimate of drug-likeness (QED) is 0.707. The van der Waals surface area contributed by atoms with Gasteiger partial charge >= 0.3 is 0 Å². The lowest BCUT2D eigenvalue weighted by Crippen LogP contribution is -2.50. The molecule has 0 radical (unpaired) electrons. The molecule has 1 unspecified atom stereocenters. The Morgan fingerprint density at radius 1 is 1.27 bits per heavy atom. The molecule has 4 saturated carbocycles. The Morgan fingerprint density at radius 3 is 2.53 bits per heavy atom. The number of hydrogen-bond acceptors (Lipinski definition) is 5. The van der Waals surface area contributed by atoms with E-state index >= 15 is 0 Å². The summed E-state index contributed by atoms with van der Waals surface area (Å²) in [5, 5.41) is 6.41. The van der Waals surface area contributed by atoms with Crippen molar-refractivity contribution in [1.82, 2.24) is 5.32 Å². The predicted octanol–water partition coefficient (Wildman–Crippen LogP) is 4.23. The summed E-state index contributed by atoms with van der Waals surface area (Å²) in [6.45, 7) is 0. The molecule has 2 N–H and O–H groups in total. The lowest BCUT2D eigenvalue weighted by molar-refractivity contribution is -0.122. The summed E-state index contributed by atoms with van der Waals surface area (Å²) >= 11 is 7.51. The van der Waals surface area contributed by atoms with E-state index in [2.05, 4.69) is 10.6 Å². The molecule has 2 amide bonds. The van der Waals surface area contributed by atoms with Crippen LogP contribution in [0.4, 0.5) is 5.69 Å². The van der Waals surface area contributed by atoms with Crippen molar-refractivity contribution in [2.75, 3.05) is 12.4 Å². The number of nitrogens with one attached hydrogen (secondary N) is 2. The van der Waals surface area contributed by atoms with Gasteiger partial charge in [0.2, 0.25) is 11.8 Å². The number of methoxy groups -OCH3 is 1. The number of amides is 2. The van der Waals surface area contributed by atoms with Gasteiger partial charge < -0.3 is 15.4 Å². The van der Waals surface area contributed by atoms with Crippen molar-refractivity contribution in [3.63, 3.8) is 0 Å². The molecule has 0 aromatic heterocycles. The van der Waals surface area contributed by atoms with Gasteiger partial charge in [0.15, 0.2) is 5.17 Å². The average Bonchev–Trinajstić information content (AvgIpc) is 2.98. The van der Waals surface area contributed by atoms with Crippen molar-refractivity contribution in [3.8, 4) is 5.75 Å². The van der Waals surface area contributed by atoms with Crippen LogP contribution in [0.2, 0.25) is 5.02 Å². The Kier molecular flexibility index (Phi) is 5.22. The first-order valence-electron chi connectivity index (χ1n) is 10.6. The van der Waals surface area contributed by atoms with Gasteiger partial charge in [-0.1, -0.05) is 23.4 Å². The van der Waals surface area contributed by atoms with Crippen LogP contribution in [0.25, 0.3) is 0 Å². The topological polar surface area (TPSA) is 79.8 Å². The van der Waals surface area contributed by atoms with Crippen LogP contribution in [-0.4, -0.2) is 34.9 Å². The van der Waals surface area contributed by atoms with Crippen molar-refractivity contribution < 1.29 is 14.3 Å². The van der Waals surface area contributed by atoms with Gasteiger partial charge in [0, 0.05) is 12.1 Å². The molecule has 5 fully saturated rings. The third-order valence-electron chi connectivity index (χ3n) is 6.93. The van der Waals surface area contributed by atoms with Crippen LogP contribution in [0.15, 0.2) is 23.2 Å². The molecule has 8 heteroatoms. The van der Waals surface area contributed by atoms with Crippen LogP contribution < -0.4 is 15.4 Å². The molecule has 160 valence electrons. The highest BCUT2D eigenvalue weighted by molar-refractivity contribution is 8.15. The van der Waals surface area contributed by atoms with E-state index in [0.717, 1.165) is 37.0 Å². The number of nitrogens with zero attached hydrogens (tertiary/aromatic N) is 1. The SMILES string of the molecule is COc1ccc(NC(=O)CC2SC(=NC34CC5CC(CC(C5)C3)C4)NC2=O)cc1Cl. The Balaban J connectivity index is 1.22. The first kappa shape index (κ1) is 20.2. The predicted molar refractivity (Wildman–Crippen MR) is 119 cm³/mol. The van der Waals surface area contributed by atoms with Gasteiger partial charge in [-0.15, -0.1) is 0 Å². The summed E-state index contributed by atoms with van der Waals surface area (Å²) in [4.78, 5) is 30.0. The number of aliphatic imine (C=N–C) groups is 1. The lowest BCUT2D eigenvalue weighted by atomic mass is 9.53. The number of carbonyl (C=O) groups excluding carboxylic acids is 2. The molecule has 1 atom stereocenters. The second kappa shape index (κ2) is 7.75. The number of rotatable bonds is 5. The molecular formula is C22H26ClN3O3S. The summed E-state index contributed by atoms with van der Waals surface area (Å²) in [5.41, 5.74) is 0.595. The van der Waals surface area contributed by atoms with E-state index in [9.17, 15) is 9.59 Å². The zero-order chi connectivity index (χ0) is 20.9. The maximum atomic E-state index is 12.5. The summed E-state index contributed by atoms with van der Waals surface area (Å²) in [7, 11) is 1.54. The van der Waals surface area contributed by atoms with E-state index in [4.69, 9.17) is 21.3 Å². The monoisotopic (exact) mass is 447 g/mol. The van der Waals surface area contributed by atoms with E-state index in [0.29, 0.717) is 21.6 Å². The van der Waals surface area contributed by atoms with Crippen LogP contribution in [0.3, 0.4) is 0 Å². The molecular weight excluding hydrogens is 422 g/mol. The van der Waals surface area contributed by atoms with Gasteiger partial charge in [0.25, 0.3) is 0 Å². The molecule has 1 saturated heterocycles. The average molecular weight is 448 g/mol. The normalized spacial score (nSPS) is 35.5. The van der Waals surface area contributed by atoms with Crippen LogP contribution in [0.5, 0.6) is 5.75 Å². The van der Waals surface area contributed by atoms with E-state index in [1.54, 1.807) is 18.2 Å². The highest BCUT2D eigenvalue weighted by atomic mass is 35.5. The Bertz CT molecular complexity index is 884. The van der Waals surface area contributed by atoms with E-state index in [1.165, 1.54) is 38.1 Å². The fraction of sp³-hybridized carbons (Fsp3) is 0.591. The summed E-state index contributed by atoms with van der Waals surface area (Å²) < 4.78 is 5.12. The lowest BCUT2D eigenvalue weighted by Gasteiger charge is -2.55. The maximum absolute atomic E-state index is 12.5. The smallest absolute Gasteiger partial charge is 0.240 e. The molecule has 1 aliphatic heterocycles. The van der Waals surface area contributed by atoms with Crippen molar-refractivity contribution >= 4 is 46.0 Å². The number of thioether (sulfide) groups is 1. The fourth-order valence-electron chi connectivity index (χ4n) is 6.13. The summed E-state index contributed by atoms with van der Waals surface area (Å²) in [5.74, 6) is 2.61. The number of amidine groups is 1. The zero-order valence-electron chi connectivity index (χ0n) is 16.9. The fourth-order valence-corrected chi connectivity index (χ4v) is 7.47. The Hall–Kier alpha value is -1.73. The molecule has 30 heavy (non-hydrogen) atoms. The standard InChI is InChI=1S/C22H26ClN3O3S/c1-29-17-3-2-15(7-16(17)23)24-19(27)8-18-20(28)25-21(30-18)26-22-9-12-4-13(10-22)6-14(5-12)11-22/h2-3,7,12-14,18H,4-6,8-11H2,1H3,(H,24,27)(H,25,26,28). The molecule has 4 aliphatic carbocycles. The van der Waals surface area contributed by atoms with Crippen molar-refractivity contribution in [3.05, 3.63) is 23.2 Å². The molecule has 1 aromatic rings. The van der Waals surface area contributed by atoms with E-state index < -0.39 is 5.25 Å². The summed E-state index contributed by atoms with van der Waals surface area (Å²) in [6.07, 6.45) is 7.65. The maximum Gasteiger partial charge on any atom is 0.240 e. The minimum Gasteiger partial charge on any atom is -0.495 e. The van der Waals surface area contributed by atoms with Crippen molar-refractivity contribution in [1.29, 1.82) is 0 Å². The number of benzene rings is 1. The number of ether oxygens (including phenoxy) is 1.